The summed E-state index contributed by atoms with van der Waals surface area (Å²) in [6, 6.07) is 70.2. The monoisotopic (exact) mass is 732 g/mol. The van der Waals surface area contributed by atoms with Crippen molar-refractivity contribution in [1.82, 2.24) is 4.57 Å². The molecule has 4 heteroatoms. The first-order valence-electron chi connectivity index (χ1n) is 19.0. The molecule has 3 heterocycles. The molecule has 0 radical (unpaired) electrons. The summed E-state index contributed by atoms with van der Waals surface area (Å²) in [5, 5.41) is 9.62. The van der Waals surface area contributed by atoms with Crippen LogP contribution in [0.2, 0.25) is 0 Å². The topological polar surface area (TPSA) is 21.3 Å². The number of hydrogen-bond donors (Lipinski definition) is 0. The highest BCUT2D eigenvalue weighted by molar-refractivity contribution is 7.26. The Morgan fingerprint density at radius 3 is 1.88 bits per heavy atom. The van der Waals surface area contributed by atoms with Crippen molar-refractivity contribution in [2.45, 2.75) is 0 Å². The van der Waals surface area contributed by atoms with E-state index in [4.69, 9.17) is 4.42 Å². The highest BCUT2D eigenvalue weighted by Crippen LogP contribution is 2.49. The van der Waals surface area contributed by atoms with Gasteiger partial charge in [-0.3, -0.25) is 0 Å². The Balaban J connectivity index is 1.11. The van der Waals surface area contributed by atoms with E-state index in [1.807, 2.05) is 11.3 Å². The Hall–Kier alpha value is -7.14. The van der Waals surface area contributed by atoms with E-state index in [2.05, 4.69) is 204 Å². The minimum Gasteiger partial charge on any atom is -0.455 e. The van der Waals surface area contributed by atoms with Gasteiger partial charge in [0.15, 0.2) is 0 Å². The fourth-order valence-corrected chi connectivity index (χ4v) is 10.1. The summed E-state index contributed by atoms with van der Waals surface area (Å²) < 4.78 is 11.6. The highest BCUT2D eigenvalue weighted by atomic mass is 32.1. The van der Waals surface area contributed by atoms with Crippen LogP contribution < -0.4 is 4.90 Å². The number of benzene rings is 9. The smallest absolute Gasteiger partial charge is 0.143 e. The summed E-state index contributed by atoms with van der Waals surface area (Å²) in [5.74, 6) is 0. The first-order chi connectivity index (χ1) is 27.8. The zero-order valence-electron chi connectivity index (χ0n) is 30.2. The molecular weight excluding hydrogens is 701 g/mol. The Morgan fingerprint density at radius 2 is 1.05 bits per heavy atom. The van der Waals surface area contributed by atoms with Gasteiger partial charge in [-0.2, -0.15) is 0 Å². The van der Waals surface area contributed by atoms with Crippen molar-refractivity contribution in [3.63, 3.8) is 0 Å². The van der Waals surface area contributed by atoms with Crippen LogP contribution in [0.5, 0.6) is 0 Å². The van der Waals surface area contributed by atoms with Gasteiger partial charge in [-0.1, -0.05) is 127 Å². The fraction of sp³-hybridized carbons (Fsp3) is 0. The van der Waals surface area contributed by atoms with Crippen molar-refractivity contribution in [2.75, 3.05) is 4.90 Å². The number of aromatic nitrogens is 1. The van der Waals surface area contributed by atoms with Crippen LogP contribution in [0.4, 0.5) is 17.1 Å². The zero-order chi connectivity index (χ0) is 36.7. The third-order valence-electron chi connectivity index (χ3n) is 11.4. The number of thiophene rings is 1. The van der Waals surface area contributed by atoms with Crippen LogP contribution in [0.1, 0.15) is 0 Å². The molecule has 12 rings (SSSR count). The Kier molecular flexibility index (Phi) is 6.80. The molecule has 3 nitrogen and oxygen atoms in total. The maximum absolute atomic E-state index is 6.68. The minimum absolute atomic E-state index is 0.886. The largest absolute Gasteiger partial charge is 0.455 e. The number of nitrogens with zero attached hydrogens (tertiary/aromatic N) is 2. The second kappa shape index (κ2) is 12.2. The molecule has 3 aromatic heterocycles. The number of para-hydroxylation sites is 3. The van der Waals surface area contributed by atoms with Gasteiger partial charge in [-0.15, -0.1) is 11.3 Å². The molecule has 0 spiro atoms. The van der Waals surface area contributed by atoms with Crippen molar-refractivity contribution in [3.05, 3.63) is 194 Å². The Bertz CT molecular complexity index is 3440. The van der Waals surface area contributed by atoms with Crippen molar-refractivity contribution in [1.29, 1.82) is 0 Å². The van der Waals surface area contributed by atoms with Gasteiger partial charge in [-0.25, -0.2) is 0 Å². The van der Waals surface area contributed by atoms with Crippen LogP contribution in [-0.2, 0) is 0 Å². The first kappa shape index (κ1) is 31.2. The van der Waals surface area contributed by atoms with Crippen LogP contribution >= 0.6 is 11.3 Å². The van der Waals surface area contributed by atoms with E-state index in [9.17, 15) is 0 Å². The lowest BCUT2D eigenvalue weighted by Gasteiger charge is -2.28. The van der Waals surface area contributed by atoms with E-state index in [-0.39, 0.29) is 0 Å². The van der Waals surface area contributed by atoms with E-state index < -0.39 is 0 Å². The molecule has 0 amide bonds. The number of furan rings is 1. The normalized spacial score (nSPS) is 11.9. The van der Waals surface area contributed by atoms with E-state index >= 15 is 0 Å². The quantitative estimate of drug-likeness (QED) is 0.176. The maximum Gasteiger partial charge on any atom is 0.143 e. The number of anilines is 3. The zero-order valence-corrected chi connectivity index (χ0v) is 31.0. The Morgan fingerprint density at radius 1 is 0.429 bits per heavy atom. The second-order valence-corrected chi connectivity index (χ2v) is 15.5. The summed E-state index contributed by atoms with van der Waals surface area (Å²) in [6.07, 6.45) is 0. The third-order valence-corrected chi connectivity index (χ3v) is 12.6. The molecule has 0 aliphatic carbocycles. The standard InChI is InChI=1S/C52H32N2OS/c1-2-14-36-33(13-1)27-32-43-50-41(19-12-25-48(50)55-51(36)43)39-17-5-9-23-46(39)54(47-24-11-20-42-40-18-6-10-26-49(40)56-52(42)47)35-30-28-34(29-31-35)53-44-21-7-3-15-37(44)38-16-4-8-22-45(38)53/h1-32H. The lowest BCUT2D eigenvalue weighted by atomic mass is 9.96. The van der Waals surface area contributed by atoms with Crippen molar-refractivity contribution < 1.29 is 4.42 Å². The second-order valence-electron chi connectivity index (χ2n) is 14.4. The molecule has 0 fully saturated rings. The number of hydrogen-bond acceptors (Lipinski definition) is 3. The summed E-state index contributed by atoms with van der Waals surface area (Å²) in [4.78, 5) is 2.46. The van der Waals surface area contributed by atoms with E-state index in [0.29, 0.717) is 0 Å². The van der Waals surface area contributed by atoms with Gasteiger partial charge in [0, 0.05) is 59.3 Å². The van der Waals surface area contributed by atoms with Gasteiger partial charge in [-0.05, 0) is 77.7 Å². The lowest BCUT2D eigenvalue weighted by Crippen LogP contribution is -2.11. The van der Waals surface area contributed by atoms with Crippen molar-refractivity contribution in [2.24, 2.45) is 0 Å². The summed E-state index contributed by atoms with van der Waals surface area (Å²) in [7, 11) is 0. The average Bonchev–Trinajstić information content (AvgIpc) is 3.95. The van der Waals surface area contributed by atoms with Crippen LogP contribution in [-0.4, -0.2) is 4.57 Å². The third kappa shape index (κ3) is 4.57. The molecule has 0 N–H and O–H groups in total. The number of rotatable bonds is 5. The number of fused-ring (bicyclic) bond motifs is 11. The molecule has 0 saturated carbocycles. The molecule has 0 bridgehead atoms. The molecule has 0 aliphatic heterocycles. The Labute approximate surface area is 326 Å². The summed E-state index contributed by atoms with van der Waals surface area (Å²) in [6.45, 7) is 0. The molecule has 0 atom stereocenters. The molecule has 56 heavy (non-hydrogen) atoms. The summed E-state index contributed by atoms with van der Waals surface area (Å²) >= 11 is 1.86. The highest BCUT2D eigenvalue weighted by Gasteiger charge is 2.23. The van der Waals surface area contributed by atoms with Gasteiger partial charge in [0.25, 0.3) is 0 Å². The predicted octanol–water partition coefficient (Wildman–Crippen LogP) is 15.3. The molecule has 0 saturated heterocycles. The van der Waals surface area contributed by atoms with Gasteiger partial charge in [0.05, 0.1) is 27.1 Å². The van der Waals surface area contributed by atoms with Crippen molar-refractivity contribution in [3.8, 4) is 16.8 Å². The predicted molar refractivity (Wildman–Crippen MR) is 239 cm³/mol. The molecule has 12 aromatic rings. The molecule has 0 unspecified atom stereocenters. The molecule has 9 aromatic carbocycles. The van der Waals surface area contributed by atoms with E-state index in [1.54, 1.807) is 0 Å². The van der Waals surface area contributed by atoms with Gasteiger partial charge >= 0.3 is 0 Å². The van der Waals surface area contributed by atoms with Crippen LogP contribution in [0.25, 0.3) is 91.5 Å². The average molecular weight is 733 g/mol. The van der Waals surface area contributed by atoms with Crippen LogP contribution in [0.3, 0.4) is 0 Å². The molecular formula is C52H32N2OS. The minimum atomic E-state index is 0.886. The van der Waals surface area contributed by atoms with Crippen molar-refractivity contribution >= 4 is 103 Å². The van der Waals surface area contributed by atoms with E-state index in [0.717, 1.165) is 61.2 Å². The molecule has 0 aliphatic rings. The van der Waals surface area contributed by atoms with Crippen LogP contribution in [0.15, 0.2) is 199 Å². The first-order valence-corrected chi connectivity index (χ1v) is 19.8. The lowest BCUT2D eigenvalue weighted by molar-refractivity contribution is 0.673. The maximum atomic E-state index is 6.68. The van der Waals surface area contributed by atoms with Gasteiger partial charge in [0.1, 0.15) is 11.2 Å². The van der Waals surface area contributed by atoms with E-state index in [1.165, 1.54) is 47.4 Å². The summed E-state index contributed by atoms with van der Waals surface area (Å²) in [5.41, 5.74) is 11.0. The van der Waals surface area contributed by atoms with Crippen LogP contribution in [0, 0.1) is 0 Å². The van der Waals surface area contributed by atoms with Gasteiger partial charge < -0.3 is 13.9 Å². The molecule has 262 valence electrons. The van der Waals surface area contributed by atoms with Gasteiger partial charge in [0.2, 0.25) is 0 Å². The fourth-order valence-electron chi connectivity index (χ4n) is 8.94. The SMILES string of the molecule is c1ccc(N(c2ccc(-n3c4ccccc4c4ccccc43)cc2)c2cccc3c2sc2ccccc23)c(-c2cccc3oc4c5ccccc5ccc4c23)c1.